The van der Waals surface area contributed by atoms with E-state index in [1.165, 1.54) is 6.07 Å². The van der Waals surface area contributed by atoms with Crippen molar-refractivity contribution in [1.82, 2.24) is 0 Å². The summed E-state index contributed by atoms with van der Waals surface area (Å²) in [6.45, 7) is 0. The molecule has 0 amide bonds. The van der Waals surface area contributed by atoms with Crippen molar-refractivity contribution >= 4 is 38.9 Å². The molecule has 0 bridgehead atoms. The van der Waals surface area contributed by atoms with Gasteiger partial charge in [0.25, 0.3) is 0 Å². The fourth-order valence-corrected chi connectivity index (χ4v) is 2.26. The lowest BCUT2D eigenvalue weighted by atomic mass is 10.1. The molecule has 2 aromatic rings. The zero-order chi connectivity index (χ0) is 15.6. The Labute approximate surface area is 132 Å². The summed E-state index contributed by atoms with van der Waals surface area (Å²) in [5, 5.41) is 12.2. The normalized spacial score (nSPS) is 11.0. The Morgan fingerprint density at radius 3 is 2.52 bits per heavy atom. The van der Waals surface area contributed by atoms with Gasteiger partial charge >= 0.3 is 6.18 Å². The molecule has 0 aliphatic rings. The van der Waals surface area contributed by atoms with Crippen LogP contribution >= 0.6 is 27.5 Å². The molecule has 0 saturated heterocycles. The first-order valence-corrected chi connectivity index (χ1v) is 6.82. The number of benzene rings is 2. The van der Waals surface area contributed by atoms with E-state index in [2.05, 4.69) is 21.2 Å². The zero-order valence-electron chi connectivity index (χ0n) is 10.3. The Hall–Kier alpha value is -1.71. The predicted molar refractivity (Wildman–Crippen MR) is 78.6 cm³/mol. The molecule has 0 saturated carbocycles. The minimum atomic E-state index is -4.56. The van der Waals surface area contributed by atoms with Gasteiger partial charge in [0.1, 0.15) is 0 Å². The third kappa shape index (κ3) is 3.49. The van der Waals surface area contributed by atoms with Crippen molar-refractivity contribution in [2.75, 3.05) is 5.32 Å². The predicted octanol–water partition coefficient (Wildman–Crippen LogP) is 5.74. The molecular weight excluding hydrogens is 369 g/mol. The molecule has 2 aromatic carbocycles. The molecular formula is C14H7BrClF3N2. The van der Waals surface area contributed by atoms with Gasteiger partial charge in [0.05, 0.1) is 32.4 Å². The third-order valence-electron chi connectivity index (χ3n) is 2.68. The van der Waals surface area contributed by atoms with Crippen LogP contribution in [-0.2, 0) is 6.18 Å². The fraction of sp³-hybridized carbons (Fsp3) is 0.0714. The van der Waals surface area contributed by atoms with Gasteiger partial charge in [-0.15, -0.1) is 0 Å². The van der Waals surface area contributed by atoms with Gasteiger partial charge < -0.3 is 5.32 Å². The number of alkyl halides is 3. The lowest BCUT2D eigenvalue weighted by molar-refractivity contribution is -0.137. The van der Waals surface area contributed by atoms with Crippen molar-refractivity contribution in [2.24, 2.45) is 0 Å². The van der Waals surface area contributed by atoms with E-state index in [4.69, 9.17) is 16.9 Å². The first-order valence-electron chi connectivity index (χ1n) is 5.65. The summed E-state index contributed by atoms with van der Waals surface area (Å²) in [4.78, 5) is 0. The summed E-state index contributed by atoms with van der Waals surface area (Å²) in [7, 11) is 0. The Balaban J connectivity index is 2.39. The fourth-order valence-electron chi connectivity index (χ4n) is 1.72. The number of anilines is 2. The highest BCUT2D eigenvalue weighted by Gasteiger charge is 2.33. The Bertz CT molecular complexity index is 723. The summed E-state index contributed by atoms with van der Waals surface area (Å²) in [6.07, 6.45) is -4.56. The topological polar surface area (TPSA) is 35.8 Å². The quantitative estimate of drug-likeness (QED) is 0.727. The van der Waals surface area contributed by atoms with Gasteiger partial charge in [-0.05, 0) is 46.3 Å². The van der Waals surface area contributed by atoms with Crippen LogP contribution in [0.4, 0.5) is 24.5 Å². The van der Waals surface area contributed by atoms with E-state index in [0.717, 1.165) is 12.1 Å². The van der Waals surface area contributed by atoms with Gasteiger partial charge in [-0.25, -0.2) is 0 Å². The molecule has 0 aliphatic carbocycles. The molecule has 0 radical (unpaired) electrons. The second kappa shape index (κ2) is 5.96. The first-order chi connectivity index (χ1) is 9.82. The largest absolute Gasteiger partial charge is 0.417 e. The highest BCUT2D eigenvalue weighted by Crippen LogP contribution is 2.35. The summed E-state index contributed by atoms with van der Waals surface area (Å²) < 4.78 is 38.7. The molecule has 2 nitrogen and oxygen atoms in total. The molecule has 2 rings (SSSR count). The number of nitrogens with zero attached hydrogens (tertiary/aromatic N) is 1. The van der Waals surface area contributed by atoms with Crippen LogP contribution in [-0.4, -0.2) is 0 Å². The lowest BCUT2D eigenvalue weighted by Gasteiger charge is -2.13. The van der Waals surface area contributed by atoms with Crippen molar-refractivity contribution in [3.63, 3.8) is 0 Å². The average molecular weight is 376 g/mol. The van der Waals surface area contributed by atoms with E-state index >= 15 is 0 Å². The van der Waals surface area contributed by atoms with E-state index in [1.54, 1.807) is 24.3 Å². The van der Waals surface area contributed by atoms with Crippen molar-refractivity contribution in [3.05, 3.63) is 57.0 Å². The molecule has 0 unspecified atom stereocenters. The van der Waals surface area contributed by atoms with E-state index in [0.29, 0.717) is 20.9 Å². The lowest BCUT2D eigenvalue weighted by Crippen LogP contribution is -2.08. The van der Waals surface area contributed by atoms with Crippen molar-refractivity contribution in [2.45, 2.75) is 6.18 Å². The van der Waals surface area contributed by atoms with Gasteiger partial charge in [-0.3, -0.25) is 0 Å². The maximum atomic E-state index is 12.7. The minimum Gasteiger partial charge on any atom is -0.355 e. The second-order valence-corrected chi connectivity index (χ2v) is 5.30. The molecule has 0 aliphatic heterocycles. The third-order valence-corrected chi connectivity index (χ3v) is 4.07. The van der Waals surface area contributed by atoms with E-state index < -0.39 is 17.3 Å². The van der Waals surface area contributed by atoms with E-state index in [-0.39, 0.29) is 0 Å². The first kappa shape index (κ1) is 15.7. The van der Waals surface area contributed by atoms with Crippen molar-refractivity contribution < 1.29 is 13.2 Å². The van der Waals surface area contributed by atoms with Crippen molar-refractivity contribution in [3.8, 4) is 6.07 Å². The Morgan fingerprint density at radius 2 is 1.90 bits per heavy atom. The van der Waals surface area contributed by atoms with Gasteiger partial charge in [-0.1, -0.05) is 17.7 Å². The van der Waals surface area contributed by atoms with Gasteiger partial charge in [0.15, 0.2) is 0 Å². The van der Waals surface area contributed by atoms with Crippen LogP contribution in [0.5, 0.6) is 0 Å². The van der Waals surface area contributed by atoms with Gasteiger partial charge in [0, 0.05) is 5.69 Å². The van der Waals surface area contributed by atoms with Gasteiger partial charge in [0.2, 0.25) is 0 Å². The summed E-state index contributed by atoms with van der Waals surface area (Å²) in [5.41, 5.74) is -0.444. The zero-order valence-corrected chi connectivity index (χ0v) is 12.6. The number of halogens is 5. The smallest absolute Gasteiger partial charge is 0.355 e. The molecule has 0 fully saturated rings. The van der Waals surface area contributed by atoms with E-state index in [1.807, 2.05) is 0 Å². The molecule has 1 N–H and O–H groups in total. The summed E-state index contributed by atoms with van der Waals surface area (Å²) in [5.74, 6) is 0. The van der Waals surface area contributed by atoms with Crippen LogP contribution in [0.2, 0.25) is 5.02 Å². The Morgan fingerprint density at radius 1 is 1.19 bits per heavy atom. The van der Waals surface area contributed by atoms with Crippen LogP contribution in [0.1, 0.15) is 11.1 Å². The number of rotatable bonds is 2. The van der Waals surface area contributed by atoms with Crippen LogP contribution < -0.4 is 5.32 Å². The van der Waals surface area contributed by atoms with Crippen LogP contribution in [0.3, 0.4) is 0 Å². The SMILES string of the molecule is N#Cc1cc(Nc2cccc(Cl)c2Br)ccc1C(F)(F)F. The molecule has 7 heteroatoms. The minimum absolute atomic E-state index is 0.363. The number of hydrogen-bond donors (Lipinski definition) is 1. The number of hydrogen-bond acceptors (Lipinski definition) is 2. The van der Waals surface area contributed by atoms with Crippen LogP contribution in [0, 0.1) is 11.3 Å². The highest BCUT2D eigenvalue weighted by atomic mass is 79.9. The van der Waals surface area contributed by atoms with E-state index in [9.17, 15) is 13.2 Å². The monoisotopic (exact) mass is 374 g/mol. The Kier molecular flexibility index (Phi) is 4.45. The maximum absolute atomic E-state index is 12.7. The molecule has 0 atom stereocenters. The van der Waals surface area contributed by atoms with Crippen LogP contribution in [0.15, 0.2) is 40.9 Å². The highest BCUT2D eigenvalue weighted by molar-refractivity contribution is 9.10. The molecule has 0 heterocycles. The molecule has 0 aromatic heterocycles. The molecule has 0 spiro atoms. The number of nitrogens with one attached hydrogen (secondary N) is 1. The second-order valence-electron chi connectivity index (χ2n) is 4.10. The van der Waals surface area contributed by atoms with Crippen molar-refractivity contribution in [1.29, 1.82) is 5.26 Å². The molecule has 21 heavy (non-hydrogen) atoms. The summed E-state index contributed by atoms with van der Waals surface area (Å²) in [6, 6.07) is 9.92. The standard InChI is InChI=1S/C14H7BrClF3N2/c15-13-11(16)2-1-3-12(13)21-9-4-5-10(14(17,18)19)8(6-9)7-20/h1-6,21H. The molecule has 108 valence electrons. The number of nitriles is 1. The van der Waals surface area contributed by atoms with Crippen LogP contribution in [0.25, 0.3) is 0 Å². The maximum Gasteiger partial charge on any atom is 0.417 e. The average Bonchev–Trinajstić information content (AvgIpc) is 2.42. The van der Waals surface area contributed by atoms with Gasteiger partial charge in [-0.2, -0.15) is 18.4 Å². The summed E-state index contributed by atoms with van der Waals surface area (Å²) >= 11 is 9.22.